The predicted molar refractivity (Wildman–Crippen MR) is 62.7 cm³/mol. The molecule has 0 radical (unpaired) electrons. The van der Waals surface area contributed by atoms with Gasteiger partial charge in [-0.05, 0) is 37.1 Å². The van der Waals surface area contributed by atoms with E-state index >= 15 is 0 Å². The fourth-order valence-electron chi connectivity index (χ4n) is 2.09. The second kappa shape index (κ2) is 5.65. The fourth-order valence-corrected chi connectivity index (χ4v) is 2.09. The molecule has 0 saturated carbocycles. The van der Waals surface area contributed by atoms with Crippen LogP contribution in [0.25, 0.3) is 0 Å². The lowest BCUT2D eigenvalue weighted by Gasteiger charge is -2.19. The zero-order valence-corrected chi connectivity index (χ0v) is 10.1. The van der Waals surface area contributed by atoms with Crippen molar-refractivity contribution in [3.63, 3.8) is 0 Å². The van der Waals surface area contributed by atoms with E-state index in [1.807, 2.05) is 0 Å². The van der Waals surface area contributed by atoms with E-state index in [1.54, 1.807) is 0 Å². The molecule has 0 spiro atoms. The Hall–Kier alpha value is -2.16. The number of hydrogen-bond donors (Lipinski definition) is 0. The first-order valence-electron chi connectivity index (χ1n) is 5.87. The van der Waals surface area contributed by atoms with Gasteiger partial charge in [-0.3, -0.25) is 4.79 Å². The van der Waals surface area contributed by atoms with Crippen LogP contribution in [0.15, 0.2) is 24.3 Å². The summed E-state index contributed by atoms with van der Waals surface area (Å²) in [5.41, 5.74) is 0.365. The number of carbonyl (C=O) groups excluding carboxylic acids is 1. The summed E-state index contributed by atoms with van der Waals surface area (Å²) in [5, 5.41) is 8.93. The Kier molecular flexibility index (Phi) is 3.95. The average molecular weight is 266 g/mol. The summed E-state index contributed by atoms with van der Waals surface area (Å²) < 4.78 is 28.2. The average Bonchev–Trinajstić information content (AvgIpc) is 2.86. The topological polar surface area (TPSA) is 53.3 Å². The van der Waals surface area contributed by atoms with E-state index in [0.29, 0.717) is 18.5 Å². The monoisotopic (exact) mass is 266 g/mol. The van der Waals surface area contributed by atoms with Gasteiger partial charge >= 0.3 is 6.61 Å². The van der Waals surface area contributed by atoms with Gasteiger partial charge in [-0.25, -0.2) is 0 Å². The highest BCUT2D eigenvalue weighted by Crippen LogP contribution is 2.21. The predicted octanol–water partition coefficient (Wildman–Crippen LogP) is 2.42. The van der Waals surface area contributed by atoms with Crippen LogP contribution >= 0.6 is 0 Å². The fraction of sp³-hybridized carbons (Fsp3) is 0.385. The molecule has 4 nitrogen and oxygen atoms in total. The number of ether oxygens (including phenoxy) is 1. The molecule has 2 rings (SSSR count). The van der Waals surface area contributed by atoms with Crippen LogP contribution in [0.4, 0.5) is 8.78 Å². The molecule has 100 valence electrons. The third-order valence-electron chi connectivity index (χ3n) is 2.99. The minimum Gasteiger partial charge on any atom is -0.435 e. The summed E-state index contributed by atoms with van der Waals surface area (Å²) >= 11 is 0. The van der Waals surface area contributed by atoms with Crippen LogP contribution in [-0.2, 0) is 0 Å². The van der Waals surface area contributed by atoms with Crippen LogP contribution in [0.3, 0.4) is 0 Å². The number of nitriles is 1. The van der Waals surface area contributed by atoms with Crippen LogP contribution in [0.5, 0.6) is 5.75 Å². The molecule has 1 aliphatic rings. The minimum absolute atomic E-state index is 0.00445. The number of alkyl halides is 2. The molecule has 1 fully saturated rings. The molecular weight excluding hydrogens is 254 g/mol. The summed E-state index contributed by atoms with van der Waals surface area (Å²) in [6, 6.07) is 7.16. The van der Waals surface area contributed by atoms with Crippen molar-refractivity contribution in [3.05, 3.63) is 29.8 Å². The molecular formula is C13H12F2N2O2. The van der Waals surface area contributed by atoms with E-state index in [4.69, 9.17) is 5.26 Å². The molecule has 1 atom stereocenters. The molecule has 0 aromatic heterocycles. The van der Waals surface area contributed by atoms with E-state index < -0.39 is 12.7 Å². The van der Waals surface area contributed by atoms with Gasteiger partial charge in [-0.15, -0.1) is 0 Å². The Morgan fingerprint density at radius 1 is 1.42 bits per heavy atom. The maximum Gasteiger partial charge on any atom is 0.387 e. The zero-order chi connectivity index (χ0) is 13.8. The summed E-state index contributed by atoms with van der Waals surface area (Å²) in [6.45, 7) is -2.34. The minimum atomic E-state index is -2.89. The molecule has 1 saturated heterocycles. The highest BCUT2D eigenvalue weighted by molar-refractivity contribution is 5.94. The van der Waals surface area contributed by atoms with Gasteiger partial charge in [0.15, 0.2) is 0 Å². The van der Waals surface area contributed by atoms with Gasteiger partial charge in [0.05, 0.1) is 6.07 Å². The molecule has 0 N–H and O–H groups in total. The lowest BCUT2D eigenvalue weighted by Crippen LogP contribution is -2.34. The Bertz CT molecular complexity index is 496. The second-order valence-corrected chi connectivity index (χ2v) is 4.19. The summed E-state index contributed by atoms with van der Waals surface area (Å²) in [4.78, 5) is 13.6. The number of rotatable bonds is 3. The van der Waals surface area contributed by atoms with Gasteiger partial charge < -0.3 is 9.64 Å². The molecule has 19 heavy (non-hydrogen) atoms. The molecule has 0 bridgehead atoms. The Balaban J connectivity index is 2.10. The van der Waals surface area contributed by atoms with E-state index in [2.05, 4.69) is 10.8 Å². The number of likely N-dealkylation sites (tertiary alicyclic amines) is 1. The SMILES string of the molecule is N#CC1CCCN1C(=O)c1ccc(OC(F)F)cc1. The van der Waals surface area contributed by atoms with Gasteiger partial charge in [0.2, 0.25) is 0 Å². The lowest BCUT2D eigenvalue weighted by atomic mass is 10.1. The van der Waals surface area contributed by atoms with Gasteiger partial charge in [-0.1, -0.05) is 0 Å². The molecule has 1 aliphatic heterocycles. The number of halogens is 2. The molecule has 1 aromatic carbocycles. The standard InChI is InChI=1S/C13H12F2N2O2/c14-13(15)19-11-5-3-9(4-6-11)12(18)17-7-1-2-10(17)8-16/h3-6,10,13H,1-2,7H2. The van der Waals surface area contributed by atoms with Gasteiger partial charge in [0.1, 0.15) is 11.8 Å². The summed E-state index contributed by atoms with van der Waals surface area (Å²) in [7, 11) is 0. The van der Waals surface area contributed by atoms with Crippen molar-refractivity contribution < 1.29 is 18.3 Å². The van der Waals surface area contributed by atoms with Crippen LogP contribution in [-0.4, -0.2) is 30.0 Å². The third kappa shape index (κ3) is 2.99. The van der Waals surface area contributed by atoms with Crippen molar-refractivity contribution in [2.75, 3.05) is 6.54 Å². The van der Waals surface area contributed by atoms with Crippen molar-refractivity contribution in [2.45, 2.75) is 25.5 Å². The number of carbonyl (C=O) groups is 1. The van der Waals surface area contributed by atoms with E-state index in [1.165, 1.54) is 29.2 Å². The highest BCUT2D eigenvalue weighted by Gasteiger charge is 2.29. The quantitative estimate of drug-likeness (QED) is 0.844. The van der Waals surface area contributed by atoms with Crippen LogP contribution < -0.4 is 4.74 Å². The van der Waals surface area contributed by atoms with Crippen molar-refractivity contribution in [1.29, 1.82) is 5.26 Å². The van der Waals surface area contributed by atoms with Crippen molar-refractivity contribution in [3.8, 4) is 11.8 Å². The third-order valence-corrected chi connectivity index (χ3v) is 2.99. The highest BCUT2D eigenvalue weighted by atomic mass is 19.3. The Morgan fingerprint density at radius 2 is 2.11 bits per heavy atom. The molecule has 1 amide bonds. The molecule has 6 heteroatoms. The first-order valence-corrected chi connectivity index (χ1v) is 5.87. The van der Waals surface area contributed by atoms with Gasteiger partial charge in [-0.2, -0.15) is 14.0 Å². The lowest BCUT2D eigenvalue weighted by molar-refractivity contribution is -0.0498. The van der Waals surface area contributed by atoms with E-state index in [9.17, 15) is 13.6 Å². The number of benzene rings is 1. The smallest absolute Gasteiger partial charge is 0.387 e. The number of nitrogens with zero attached hydrogens (tertiary/aromatic N) is 2. The summed E-state index contributed by atoms with van der Waals surface area (Å²) in [5.74, 6) is -0.252. The maximum atomic E-state index is 12.1. The van der Waals surface area contributed by atoms with Crippen LogP contribution in [0.2, 0.25) is 0 Å². The Morgan fingerprint density at radius 3 is 2.68 bits per heavy atom. The summed E-state index contributed by atoms with van der Waals surface area (Å²) in [6.07, 6.45) is 1.48. The number of hydrogen-bond acceptors (Lipinski definition) is 3. The largest absolute Gasteiger partial charge is 0.435 e. The van der Waals surface area contributed by atoms with Crippen molar-refractivity contribution in [1.82, 2.24) is 4.90 Å². The van der Waals surface area contributed by atoms with Crippen LogP contribution in [0.1, 0.15) is 23.2 Å². The van der Waals surface area contributed by atoms with E-state index in [-0.39, 0.29) is 11.7 Å². The Labute approximate surface area is 109 Å². The molecule has 1 heterocycles. The molecule has 0 aliphatic carbocycles. The maximum absolute atomic E-state index is 12.1. The second-order valence-electron chi connectivity index (χ2n) is 4.19. The number of amides is 1. The van der Waals surface area contributed by atoms with Crippen molar-refractivity contribution >= 4 is 5.91 Å². The first kappa shape index (κ1) is 13.3. The van der Waals surface area contributed by atoms with Gasteiger partial charge in [0.25, 0.3) is 5.91 Å². The zero-order valence-electron chi connectivity index (χ0n) is 10.1. The first-order chi connectivity index (χ1) is 9.11. The molecule has 1 aromatic rings. The van der Waals surface area contributed by atoms with Gasteiger partial charge in [0, 0.05) is 12.1 Å². The van der Waals surface area contributed by atoms with Crippen LogP contribution in [0, 0.1) is 11.3 Å². The normalized spacial score (nSPS) is 18.4. The van der Waals surface area contributed by atoms with Crippen molar-refractivity contribution in [2.24, 2.45) is 0 Å². The molecule has 1 unspecified atom stereocenters. The van der Waals surface area contributed by atoms with E-state index in [0.717, 1.165) is 6.42 Å².